The maximum Gasteiger partial charge on any atom is 0.223 e. The van der Waals surface area contributed by atoms with Crippen LogP contribution >= 0.6 is 0 Å². The molecule has 0 aliphatic carbocycles. The summed E-state index contributed by atoms with van der Waals surface area (Å²) in [7, 11) is 0. The van der Waals surface area contributed by atoms with Gasteiger partial charge in [0.2, 0.25) is 5.95 Å². The number of pyridine rings is 1. The van der Waals surface area contributed by atoms with Gasteiger partial charge in [0, 0.05) is 18.8 Å². The average molecular weight is 311 g/mol. The molecule has 4 rings (SSSR count). The smallest absolute Gasteiger partial charge is 0.223 e. The molecular weight excluding hydrogens is 294 g/mol. The van der Waals surface area contributed by atoms with Crippen LogP contribution in [-0.4, -0.2) is 39.0 Å². The zero-order chi connectivity index (χ0) is 15.8. The highest BCUT2D eigenvalue weighted by Crippen LogP contribution is 2.26. The number of morpholine rings is 1. The van der Waals surface area contributed by atoms with Crippen LogP contribution in [0.1, 0.15) is 11.8 Å². The molecule has 0 amide bonds. The Balaban J connectivity index is 1.64. The fourth-order valence-electron chi connectivity index (χ4n) is 2.86. The molecule has 0 radical (unpaired) electrons. The fourth-order valence-corrected chi connectivity index (χ4v) is 2.86. The number of imidazole rings is 1. The van der Waals surface area contributed by atoms with Crippen LogP contribution in [0.25, 0.3) is 5.65 Å². The Bertz CT molecular complexity index is 826. The summed E-state index contributed by atoms with van der Waals surface area (Å²) in [5, 5.41) is 0. The van der Waals surface area contributed by atoms with Crippen LogP contribution in [0, 0.1) is 0 Å². The van der Waals surface area contributed by atoms with Crippen molar-refractivity contribution in [1.29, 1.82) is 0 Å². The molecule has 1 aliphatic rings. The summed E-state index contributed by atoms with van der Waals surface area (Å²) in [6.45, 7) is 1.97. The second kappa shape index (κ2) is 5.40. The highest BCUT2D eigenvalue weighted by atomic mass is 16.5. The van der Waals surface area contributed by atoms with Gasteiger partial charge in [-0.15, -0.1) is 0 Å². The Kier molecular flexibility index (Phi) is 3.23. The van der Waals surface area contributed by atoms with E-state index in [1.165, 1.54) is 0 Å². The van der Waals surface area contributed by atoms with E-state index in [4.69, 9.17) is 16.2 Å². The van der Waals surface area contributed by atoms with Gasteiger partial charge in [0.25, 0.3) is 0 Å². The third-order valence-electron chi connectivity index (χ3n) is 3.92. The molecule has 1 saturated heterocycles. The summed E-state index contributed by atoms with van der Waals surface area (Å²) >= 11 is 0. The van der Waals surface area contributed by atoms with Gasteiger partial charge < -0.3 is 25.5 Å². The Morgan fingerprint density at radius 3 is 3.00 bits per heavy atom. The Hall–Kier alpha value is -2.87. The first kappa shape index (κ1) is 13.8. The van der Waals surface area contributed by atoms with Gasteiger partial charge in [0.05, 0.1) is 25.0 Å². The maximum absolute atomic E-state index is 5.93. The summed E-state index contributed by atoms with van der Waals surface area (Å²) < 4.78 is 7.97. The number of hydrogen-bond donors (Lipinski definition) is 2. The van der Waals surface area contributed by atoms with Gasteiger partial charge in [-0.3, -0.25) is 0 Å². The number of nitrogen functional groups attached to an aromatic ring is 2. The van der Waals surface area contributed by atoms with Crippen molar-refractivity contribution in [3.05, 3.63) is 42.4 Å². The number of hydrogen-bond acceptors (Lipinski definition) is 7. The SMILES string of the molecule is Nc1cc(N2CCOC(c3cnc4ccccn34)C2)nc(N)n1. The van der Waals surface area contributed by atoms with Gasteiger partial charge in [-0.1, -0.05) is 6.07 Å². The molecule has 1 atom stereocenters. The minimum Gasteiger partial charge on any atom is -0.383 e. The van der Waals surface area contributed by atoms with Gasteiger partial charge >= 0.3 is 0 Å². The summed E-state index contributed by atoms with van der Waals surface area (Å²) in [5.41, 5.74) is 13.4. The summed E-state index contributed by atoms with van der Waals surface area (Å²) in [4.78, 5) is 14.7. The molecule has 3 aromatic rings. The Morgan fingerprint density at radius 1 is 1.22 bits per heavy atom. The van der Waals surface area contributed by atoms with Crippen molar-refractivity contribution in [1.82, 2.24) is 19.4 Å². The lowest BCUT2D eigenvalue weighted by atomic mass is 10.2. The molecule has 4 heterocycles. The minimum atomic E-state index is -0.0986. The van der Waals surface area contributed by atoms with Crippen molar-refractivity contribution in [2.24, 2.45) is 0 Å². The molecule has 8 heteroatoms. The quantitative estimate of drug-likeness (QED) is 0.723. The van der Waals surface area contributed by atoms with Crippen LogP contribution in [0.5, 0.6) is 0 Å². The van der Waals surface area contributed by atoms with Crippen LogP contribution in [0.15, 0.2) is 36.7 Å². The van der Waals surface area contributed by atoms with E-state index in [1.807, 2.05) is 35.0 Å². The van der Waals surface area contributed by atoms with Gasteiger partial charge in [-0.05, 0) is 12.1 Å². The molecular formula is C15H17N7O. The maximum atomic E-state index is 5.93. The molecule has 118 valence electrons. The molecule has 0 aromatic carbocycles. The van der Waals surface area contributed by atoms with Crippen LogP contribution < -0.4 is 16.4 Å². The molecule has 1 aliphatic heterocycles. The summed E-state index contributed by atoms with van der Waals surface area (Å²) in [6.07, 6.45) is 3.74. The number of fused-ring (bicyclic) bond motifs is 1. The lowest BCUT2D eigenvalue weighted by Gasteiger charge is -2.33. The van der Waals surface area contributed by atoms with Crippen LogP contribution in [-0.2, 0) is 4.74 Å². The van der Waals surface area contributed by atoms with E-state index in [9.17, 15) is 0 Å². The van der Waals surface area contributed by atoms with Gasteiger partial charge in [-0.25, -0.2) is 4.98 Å². The topological polar surface area (TPSA) is 108 Å². The normalized spacial score (nSPS) is 18.4. The highest BCUT2D eigenvalue weighted by molar-refractivity contribution is 5.51. The predicted octanol–water partition coefficient (Wildman–Crippen LogP) is 0.867. The Morgan fingerprint density at radius 2 is 2.13 bits per heavy atom. The van der Waals surface area contributed by atoms with Crippen LogP contribution in [0.4, 0.5) is 17.6 Å². The number of anilines is 3. The molecule has 23 heavy (non-hydrogen) atoms. The second-order valence-electron chi connectivity index (χ2n) is 5.43. The first-order valence-corrected chi connectivity index (χ1v) is 7.39. The molecule has 1 fully saturated rings. The standard InChI is InChI=1S/C15H17N7O/c16-12-7-14(20-15(17)19-12)21-5-6-23-11(9-21)10-8-18-13-3-1-2-4-22(10)13/h1-4,7-8,11H,5-6,9H2,(H4,16,17,19,20). The number of nitrogens with zero attached hydrogens (tertiary/aromatic N) is 5. The number of aromatic nitrogens is 4. The van der Waals surface area contributed by atoms with Crippen LogP contribution in [0.3, 0.4) is 0 Å². The first-order valence-electron chi connectivity index (χ1n) is 7.39. The van der Waals surface area contributed by atoms with E-state index < -0.39 is 0 Å². The van der Waals surface area contributed by atoms with Crippen molar-refractivity contribution in [3.8, 4) is 0 Å². The van der Waals surface area contributed by atoms with E-state index in [1.54, 1.807) is 6.07 Å². The van der Waals surface area contributed by atoms with Crippen molar-refractivity contribution in [2.75, 3.05) is 36.1 Å². The van der Waals surface area contributed by atoms with E-state index in [0.29, 0.717) is 19.0 Å². The molecule has 0 saturated carbocycles. The number of nitrogens with two attached hydrogens (primary N) is 2. The molecule has 0 spiro atoms. The van der Waals surface area contributed by atoms with Crippen molar-refractivity contribution < 1.29 is 4.74 Å². The summed E-state index contributed by atoms with van der Waals surface area (Å²) in [5.74, 6) is 1.26. The van der Waals surface area contributed by atoms with Gasteiger partial charge in [0.1, 0.15) is 23.4 Å². The third-order valence-corrected chi connectivity index (χ3v) is 3.92. The average Bonchev–Trinajstić information content (AvgIpc) is 2.98. The van der Waals surface area contributed by atoms with Crippen molar-refractivity contribution >= 4 is 23.2 Å². The summed E-state index contributed by atoms with van der Waals surface area (Å²) in [6, 6.07) is 7.64. The van der Waals surface area contributed by atoms with Gasteiger partial charge in [0.15, 0.2) is 0 Å². The molecule has 0 bridgehead atoms. The second-order valence-corrected chi connectivity index (χ2v) is 5.43. The first-order chi connectivity index (χ1) is 11.2. The highest BCUT2D eigenvalue weighted by Gasteiger charge is 2.25. The zero-order valence-electron chi connectivity index (χ0n) is 12.5. The van der Waals surface area contributed by atoms with E-state index >= 15 is 0 Å². The fraction of sp³-hybridized carbons (Fsp3) is 0.267. The van der Waals surface area contributed by atoms with E-state index in [-0.39, 0.29) is 12.1 Å². The predicted molar refractivity (Wildman–Crippen MR) is 87.0 cm³/mol. The molecule has 3 aromatic heterocycles. The van der Waals surface area contributed by atoms with Gasteiger partial charge in [-0.2, -0.15) is 9.97 Å². The number of ether oxygens (including phenoxy) is 1. The van der Waals surface area contributed by atoms with Crippen molar-refractivity contribution in [3.63, 3.8) is 0 Å². The van der Waals surface area contributed by atoms with E-state index in [2.05, 4.69) is 19.9 Å². The molecule has 1 unspecified atom stereocenters. The lowest BCUT2D eigenvalue weighted by molar-refractivity contribution is 0.0362. The lowest BCUT2D eigenvalue weighted by Crippen LogP contribution is -2.39. The van der Waals surface area contributed by atoms with Crippen LogP contribution in [0.2, 0.25) is 0 Å². The monoisotopic (exact) mass is 311 g/mol. The zero-order valence-corrected chi connectivity index (χ0v) is 12.5. The molecule has 4 N–H and O–H groups in total. The third kappa shape index (κ3) is 2.53. The van der Waals surface area contributed by atoms with Crippen molar-refractivity contribution in [2.45, 2.75) is 6.10 Å². The number of rotatable bonds is 2. The molecule has 8 nitrogen and oxygen atoms in total. The minimum absolute atomic E-state index is 0.0986. The largest absolute Gasteiger partial charge is 0.383 e. The van der Waals surface area contributed by atoms with E-state index in [0.717, 1.165) is 23.7 Å². The Labute approximate surface area is 132 Å².